The van der Waals surface area contributed by atoms with Crippen LogP contribution in [-0.4, -0.2) is 23.1 Å². The van der Waals surface area contributed by atoms with Crippen molar-refractivity contribution in [1.29, 1.82) is 0 Å². The molecule has 3 rings (SSSR count). The van der Waals surface area contributed by atoms with Crippen molar-refractivity contribution in [3.05, 3.63) is 41.8 Å². The normalized spacial score (nSPS) is 20.8. The Morgan fingerprint density at radius 3 is 2.69 bits per heavy atom. The Balaban J connectivity index is 1.61. The van der Waals surface area contributed by atoms with E-state index < -0.39 is 18.1 Å². The van der Waals surface area contributed by atoms with Crippen LogP contribution in [0.1, 0.15) is 37.1 Å². The number of hydrogen-bond donors (Lipinski definition) is 1. The van der Waals surface area contributed by atoms with Gasteiger partial charge in [0.25, 0.3) is 0 Å². The minimum absolute atomic E-state index is 0.00461. The van der Waals surface area contributed by atoms with Crippen LogP contribution in [0.5, 0.6) is 0 Å². The van der Waals surface area contributed by atoms with E-state index in [0.29, 0.717) is 30.2 Å². The second-order valence-electron chi connectivity index (χ2n) is 6.73. The van der Waals surface area contributed by atoms with Crippen molar-refractivity contribution in [2.75, 3.05) is 0 Å². The summed E-state index contributed by atoms with van der Waals surface area (Å²) < 4.78 is 44.3. The van der Waals surface area contributed by atoms with Gasteiger partial charge in [-0.1, -0.05) is 24.6 Å². The number of rotatable bonds is 4. The van der Waals surface area contributed by atoms with Crippen LogP contribution >= 0.6 is 0 Å². The van der Waals surface area contributed by atoms with E-state index in [2.05, 4.69) is 10.3 Å². The number of benzene rings is 1. The minimum Gasteiger partial charge on any atom is -0.441 e. The van der Waals surface area contributed by atoms with Gasteiger partial charge in [0.15, 0.2) is 0 Å². The van der Waals surface area contributed by atoms with Gasteiger partial charge in [0, 0.05) is 11.6 Å². The molecule has 1 heterocycles. The molecule has 2 aromatic rings. The Labute approximate surface area is 149 Å². The van der Waals surface area contributed by atoms with Gasteiger partial charge in [-0.05, 0) is 38.3 Å². The standard InChI is InChI=1S/C19H21F3N2O2/c1-12-16(24-18(26-12)13-6-3-2-4-7-13)11-17(25)23-15-9-5-8-14(10-15)19(20,21)22/h2-4,6-7,14-15H,5,8-11H2,1H3,(H,23,25)/t14-,15-/m0/s1. The molecule has 0 bridgehead atoms. The zero-order valence-corrected chi connectivity index (χ0v) is 14.5. The lowest BCUT2D eigenvalue weighted by molar-refractivity contribution is -0.184. The van der Waals surface area contributed by atoms with Gasteiger partial charge >= 0.3 is 6.18 Å². The zero-order valence-electron chi connectivity index (χ0n) is 14.5. The molecular formula is C19H21F3N2O2. The first kappa shape index (κ1) is 18.5. The number of nitrogens with one attached hydrogen (secondary N) is 1. The first-order chi connectivity index (χ1) is 12.3. The first-order valence-electron chi connectivity index (χ1n) is 8.70. The average molecular weight is 366 g/mol. The summed E-state index contributed by atoms with van der Waals surface area (Å²) in [6.45, 7) is 1.72. The second-order valence-corrected chi connectivity index (χ2v) is 6.73. The molecule has 1 aliphatic carbocycles. The largest absolute Gasteiger partial charge is 0.441 e. The number of alkyl halides is 3. The van der Waals surface area contributed by atoms with Gasteiger partial charge in [-0.25, -0.2) is 4.98 Å². The number of nitrogens with zero attached hydrogens (tertiary/aromatic N) is 1. The number of amides is 1. The van der Waals surface area contributed by atoms with E-state index in [1.54, 1.807) is 6.92 Å². The van der Waals surface area contributed by atoms with Crippen molar-refractivity contribution in [2.45, 2.75) is 51.2 Å². The topological polar surface area (TPSA) is 55.1 Å². The van der Waals surface area contributed by atoms with Crippen molar-refractivity contribution < 1.29 is 22.4 Å². The van der Waals surface area contributed by atoms with E-state index in [9.17, 15) is 18.0 Å². The summed E-state index contributed by atoms with van der Waals surface area (Å²) in [5, 5.41) is 2.73. The van der Waals surface area contributed by atoms with Crippen LogP contribution in [-0.2, 0) is 11.2 Å². The van der Waals surface area contributed by atoms with Crippen LogP contribution in [0.15, 0.2) is 34.7 Å². The summed E-state index contributed by atoms with van der Waals surface area (Å²) in [4.78, 5) is 16.6. The van der Waals surface area contributed by atoms with Gasteiger partial charge in [0.05, 0.1) is 18.0 Å². The predicted molar refractivity (Wildman–Crippen MR) is 90.3 cm³/mol. The molecule has 0 saturated heterocycles. The van der Waals surface area contributed by atoms with Crippen LogP contribution in [0.3, 0.4) is 0 Å². The monoisotopic (exact) mass is 366 g/mol. The lowest BCUT2D eigenvalue weighted by atomic mass is 9.85. The number of halogens is 3. The summed E-state index contributed by atoms with van der Waals surface area (Å²) in [5.41, 5.74) is 1.31. The highest BCUT2D eigenvalue weighted by Crippen LogP contribution is 2.37. The molecule has 1 saturated carbocycles. The predicted octanol–water partition coefficient (Wildman–Crippen LogP) is 4.43. The summed E-state index contributed by atoms with van der Waals surface area (Å²) in [6, 6.07) is 8.88. The highest BCUT2D eigenvalue weighted by Gasteiger charge is 2.42. The molecule has 7 heteroatoms. The van der Waals surface area contributed by atoms with Gasteiger partial charge in [0.1, 0.15) is 5.76 Å². The smallest absolute Gasteiger partial charge is 0.391 e. The summed E-state index contributed by atoms with van der Waals surface area (Å²) >= 11 is 0. The van der Waals surface area contributed by atoms with Crippen LogP contribution in [0, 0.1) is 12.8 Å². The SMILES string of the molecule is Cc1oc(-c2ccccc2)nc1CC(=O)N[C@H]1CCC[C@H](C(F)(F)F)C1. The summed E-state index contributed by atoms with van der Waals surface area (Å²) in [5.74, 6) is -0.689. The fraction of sp³-hybridized carbons (Fsp3) is 0.474. The molecular weight excluding hydrogens is 345 g/mol. The van der Waals surface area contributed by atoms with Crippen LogP contribution in [0.2, 0.25) is 0 Å². The van der Waals surface area contributed by atoms with Crippen LogP contribution < -0.4 is 5.32 Å². The Morgan fingerprint density at radius 1 is 1.27 bits per heavy atom. The number of oxazole rings is 1. The lowest BCUT2D eigenvalue weighted by Crippen LogP contribution is -2.42. The number of carbonyl (C=O) groups is 1. The maximum Gasteiger partial charge on any atom is 0.391 e. The molecule has 1 aromatic carbocycles. The molecule has 1 fully saturated rings. The number of carbonyl (C=O) groups excluding carboxylic acids is 1. The molecule has 1 amide bonds. The second kappa shape index (κ2) is 7.51. The van der Waals surface area contributed by atoms with E-state index in [1.807, 2.05) is 30.3 Å². The fourth-order valence-corrected chi connectivity index (χ4v) is 3.35. The van der Waals surface area contributed by atoms with E-state index in [4.69, 9.17) is 4.42 Å². The molecule has 0 spiro atoms. The van der Waals surface area contributed by atoms with Gasteiger partial charge in [0.2, 0.25) is 11.8 Å². The maximum atomic E-state index is 12.9. The summed E-state index contributed by atoms with van der Waals surface area (Å²) in [7, 11) is 0. The van der Waals surface area contributed by atoms with Crippen molar-refractivity contribution in [3.63, 3.8) is 0 Å². The lowest BCUT2D eigenvalue weighted by Gasteiger charge is -2.31. The van der Waals surface area contributed by atoms with Gasteiger partial charge in [-0.3, -0.25) is 4.79 Å². The highest BCUT2D eigenvalue weighted by atomic mass is 19.4. The molecule has 1 aromatic heterocycles. The van der Waals surface area contributed by atoms with E-state index in [0.717, 1.165) is 5.56 Å². The van der Waals surface area contributed by atoms with E-state index in [-0.39, 0.29) is 25.2 Å². The summed E-state index contributed by atoms with van der Waals surface area (Å²) in [6.07, 6.45) is -3.07. The van der Waals surface area contributed by atoms with E-state index in [1.165, 1.54) is 0 Å². The maximum absolute atomic E-state index is 12.9. The quantitative estimate of drug-likeness (QED) is 0.871. The minimum atomic E-state index is -4.20. The van der Waals surface area contributed by atoms with Crippen molar-refractivity contribution in [2.24, 2.45) is 5.92 Å². The molecule has 26 heavy (non-hydrogen) atoms. The third kappa shape index (κ3) is 4.45. The van der Waals surface area contributed by atoms with Crippen molar-refractivity contribution in [3.8, 4) is 11.5 Å². The Morgan fingerprint density at radius 2 is 2.00 bits per heavy atom. The highest BCUT2D eigenvalue weighted by molar-refractivity contribution is 5.78. The molecule has 0 radical (unpaired) electrons. The first-order valence-corrected chi connectivity index (χ1v) is 8.70. The molecule has 0 unspecified atom stereocenters. The number of hydrogen-bond acceptors (Lipinski definition) is 3. The molecule has 0 aliphatic heterocycles. The van der Waals surface area contributed by atoms with E-state index >= 15 is 0 Å². The Bertz CT molecular complexity index is 756. The number of aryl methyl sites for hydroxylation is 1. The molecule has 1 aliphatic rings. The van der Waals surface area contributed by atoms with Crippen LogP contribution in [0.25, 0.3) is 11.5 Å². The van der Waals surface area contributed by atoms with Gasteiger partial charge in [-0.15, -0.1) is 0 Å². The Kier molecular flexibility index (Phi) is 5.34. The molecule has 4 nitrogen and oxygen atoms in total. The van der Waals surface area contributed by atoms with Crippen molar-refractivity contribution >= 4 is 5.91 Å². The van der Waals surface area contributed by atoms with Crippen molar-refractivity contribution in [1.82, 2.24) is 10.3 Å². The molecule has 2 atom stereocenters. The average Bonchev–Trinajstić information content (AvgIpc) is 2.96. The van der Waals surface area contributed by atoms with Gasteiger partial charge in [-0.2, -0.15) is 13.2 Å². The zero-order chi connectivity index (χ0) is 18.7. The molecule has 140 valence electrons. The molecule has 1 N–H and O–H groups in total. The fourth-order valence-electron chi connectivity index (χ4n) is 3.35. The Hall–Kier alpha value is -2.31. The third-order valence-corrected chi connectivity index (χ3v) is 4.74. The van der Waals surface area contributed by atoms with Gasteiger partial charge < -0.3 is 9.73 Å². The van der Waals surface area contributed by atoms with Crippen LogP contribution in [0.4, 0.5) is 13.2 Å². The number of aromatic nitrogens is 1. The third-order valence-electron chi connectivity index (χ3n) is 4.74.